The minimum atomic E-state index is 0.371. The number of hydrogen-bond acceptors (Lipinski definition) is 3. The highest BCUT2D eigenvalue weighted by Gasteiger charge is 2.32. The summed E-state index contributed by atoms with van der Waals surface area (Å²) in [5, 5.41) is 3.42. The summed E-state index contributed by atoms with van der Waals surface area (Å²) in [6, 6.07) is 1.09. The summed E-state index contributed by atoms with van der Waals surface area (Å²) in [5.41, 5.74) is 0. The van der Waals surface area contributed by atoms with Gasteiger partial charge in [-0.2, -0.15) is 0 Å². The van der Waals surface area contributed by atoms with Gasteiger partial charge in [0.2, 0.25) is 5.91 Å². The molecule has 2 unspecified atom stereocenters. The maximum atomic E-state index is 12.2. The molecule has 3 aliphatic rings. The van der Waals surface area contributed by atoms with Crippen LogP contribution in [0.5, 0.6) is 0 Å². The van der Waals surface area contributed by atoms with E-state index in [0.717, 1.165) is 19.6 Å². The van der Waals surface area contributed by atoms with Gasteiger partial charge in [0.15, 0.2) is 0 Å². The number of rotatable bonds is 3. The van der Waals surface area contributed by atoms with Crippen LogP contribution < -0.4 is 5.32 Å². The smallest absolute Gasteiger partial charge is 0.224 e. The van der Waals surface area contributed by atoms with Gasteiger partial charge in [-0.3, -0.25) is 9.69 Å². The van der Waals surface area contributed by atoms with Gasteiger partial charge in [-0.05, 0) is 51.7 Å². The molecule has 0 spiro atoms. The largest absolute Gasteiger partial charge is 0.341 e. The number of nitrogens with zero attached hydrogens (tertiary/aromatic N) is 2. The summed E-state index contributed by atoms with van der Waals surface area (Å²) in [6.07, 6.45) is 6.99. The fraction of sp³-hybridized carbons (Fsp3) is 0.929. The molecule has 102 valence electrons. The lowest BCUT2D eigenvalue weighted by atomic mass is 10.1. The molecule has 4 heteroatoms. The topological polar surface area (TPSA) is 35.6 Å². The SMILES string of the molecule is O=C(CC1CCCN1)N1CCC(N2CCCC2)C1. The number of likely N-dealkylation sites (tertiary alicyclic amines) is 2. The molecule has 0 bridgehead atoms. The molecule has 18 heavy (non-hydrogen) atoms. The Hall–Kier alpha value is -0.610. The van der Waals surface area contributed by atoms with E-state index in [1.165, 1.54) is 45.2 Å². The summed E-state index contributed by atoms with van der Waals surface area (Å²) in [6.45, 7) is 5.54. The van der Waals surface area contributed by atoms with Crippen LogP contribution in [0, 0.1) is 0 Å². The highest BCUT2D eigenvalue weighted by atomic mass is 16.2. The van der Waals surface area contributed by atoms with E-state index in [9.17, 15) is 4.79 Å². The first-order valence-electron chi connectivity index (χ1n) is 7.58. The Morgan fingerprint density at radius 3 is 2.67 bits per heavy atom. The third kappa shape index (κ3) is 2.69. The molecule has 0 aliphatic carbocycles. The van der Waals surface area contributed by atoms with Crippen molar-refractivity contribution in [1.29, 1.82) is 0 Å². The fourth-order valence-electron chi connectivity index (χ4n) is 3.64. The van der Waals surface area contributed by atoms with E-state index >= 15 is 0 Å². The third-order valence-corrected chi connectivity index (χ3v) is 4.76. The predicted molar refractivity (Wildman–Crippen MR) is 71.4 cm³/mol. The maximum absolute atomic E-state index is 12.2. The van der Waals surface area contributed by atoms with E-state index in [-0.39, 0.29) is 0 Å². The molecule has 0 radical (unpaired) electrons. The molecular formula is C14H25N3O. The van der Waals surface area contributed by atoms with Crippen LogP contribution in [0.1, 0.15) is 38.5 Å². The van der Waals surface area contributed by atoms with Crippen molar-refractivity contribution in [2.24, 2.45) is 0 Å². The van der Waals surface area contributed by atoms with E-state index in [0.29, 0.717) is 24.4 Å². The average molecular weight is 251 g/mol. The van der Waals surface area contributed by atoms with Gasteiger partial charge >= 0.3 is 0 Å². The third-order valence-electron chi connectivity index (χ3n) is 4.76. The van der Waals surface area contributed by atoms with E-state index in [4.69, 9.17) is 0 Å². The van der Waals surface area contributed by atoms with E-state index < -0.39 is 0 Å². The fourth-order valence-corrected chi connectivity index (χ4v) is 3.64. The molecule has 3 rings (SSSR count). The van der Waals surface area contributed by atoms with Crippen molar-refractivity contribution in [2.45, 2.75) is 50.6 Å². The summed E-state index contributed by atoms with van der Waals surface area (Å²) >= 11 is 0. The second-order valence-electron chi connectivity index (χ2n) is 6.02. The lowest BCUT2D eigenvalue weighted by Gasteiger charge is -2.24. The first-order chi connectivity index (χ1) is 8.83. The molecule has 1 amide bonds. The Bertz CT molecular complexity index is 295. The van der Waals surface area contributed by atoms with Crippen LogP contribution in [-0.2, 0) is 4.79 Å². The van der Waals surface area contributed by atoms with E-state index in [2.05, 4.69) is 15.1 Å². The molecule has 0 aromatic rings. The van der Waals surface area contributed by atoms with Crippen molar-refractivity contribution in [3.05, 3.63) is 0 Å². The van der Waals surface area contributed by atoms with Crippen molar-refractivity contribution in [3.8, 4) is 0 Å². The number of carbonyl (C=O) groups excluding carboxylic acids is 1. The normalized spacial score (nSPS) is 33.4. The van der Waals surface area contributed by atoms with Gasteiger partial charge < -0.3 is 10.2 Å². The monoisotopic (exact) mass is 251 g/mol. The molecule has 3 aliphatic heterocycles. The molecule has 3 fully saturated rings. The molecule has 1 N–H and O–H groups in total. The zero-order valence-electron chi connectivity index (χ0n) is 11.2. The molecule has 4 nitrogen and oxygen atoms in total. The lowest BCUT2D eigenvalue weighted by molar-refractivity contribution is -0.130. The van der Waals surface area contributed by atoms with Crippen LogP contribution >= 0.6 is 0 Å². The number of hydrogen-bond donors (Lipinski definition) is 1. The number of carbonyl (C=O) groups is 1. The first-order valence-corrected chi connectivity index (χ1v) is 7.58. The van der Waals surface area contributed by atoms with Crippen LogP contribution in [0.3, 0.4) is 0 Å². The molecule has 0 saturated carbocycles. The van der Waals surface area contributed by atoms with Gasteiger partial charge in [0.25, 0.3) is 0 Å². The quantitative estimate of drug-likeness (QED) is 0.807. The summed E-state index contributed by atoms with van der Waals surface area (Å²) in [5.74, 6) is 0.371. The van der Waals surface area contributed by atoms with Gasteiger partial charge in [0, 0.05) is 31.6 Å². The van der Waals surface area contributed by atoms with Crippen molar-refractivity contribution in [1.82, 2.24) is 15.1 Å². The zero-order chi connectivity index (χ0) is 12.4. The van der Waals surface area contributed by atoms with Crippen LogP contribution in [0.15, 0.2) is 0 Å². The Labute approximate surface area is 110 Å². The minimum absolute atomic E-state index is 0.371. The number of nitrogens with one attached hydrogen (secondary N) is 1. The van der Waals surface area contributed by atoms with Crippen molar-refractivity contribution >= 4 is 5.91 Å². The molecule has 3 saturated heterocycles. The molecular weight excluding hydrogens is 226 g/mol. The van der Waals surface area contributed by atoms with Gasteiger partial charge in [0.05, 0.1) is 0 Å². The summed E-state index contributed by atoms with van der Waals surface area (Å²) < 4.78 is 0. The Morgan fingerprint density at radius 2 is 1.94 bits per heavy atom. The predicted octanol–water partition coefficient (Wildman–Crippen LogP) is 0.825. The second kappa shape index (κ2) is 5.57. The second-order valence-corrected chi connectivity index (χ2v) is 6.02. The van der Waals surface area contributed by atoms with Crippen LogP contribution in [0.4, 0.5) is 0 Å². The lowest BCUT2D eigenvalue weighted by Crippen LogP contribution is -2.38. The Kier molecular flexibility index (Phi) is 3.85. The van der Waals surface area contributed by atoms with Gasteiger partial charge in [-0.15, -0.1) is 0 Å². The highest BCUT2D eigenvalue weighted by Crippen LogP contribution is 2.21. The molecule has 0 aromatic carbocycles. The molecule has 2 atom stereocenters. The zero-order valence-corrected chi connectivity index (χ0v) is 11.2. The number of amides is 1. The average Bonchev–Trinajstić information content (AvgIpc) is 3.11. The highest BCUT2D eigenvalue weighted by molar-refractivity contribution is 5.77. The molecule has 0 aromatic heterocycles. The summed E-state index contributed by atoms with van der Waals surface area (Å²) in [4.78, 5) is 16.9. The van der Waals surface area contributed by atoms with E-state index in [1.54, 1.807) is 0 Å². The van der Waals surface area contributed by atoms with Crippen LogP contribution in [0.2, 0.25) is 0 Å². The van der Waals surface area contributed by atoms with Crippen LogP contribution in [-0.4, -0.2) is 60.5 Å². The van der Waals surface area contributed by atoms with Crippen LogP contribution in [0.25, 0.3) is 0 Å². The Balaban J connectivity index is 1.46. The standard InChI is InChI=1S/C14H25N3O/c18-14(10-12-4-3-6-15-12)17-9-5-13(11-17)16-7-1-2-8-16/h12-13,15H,1-11H2. The maximum Gasteiger partial charge on any atom is 0.224 e. The summed E-state index contributed by atoms with van der Waals surface area (Å²) in [7, 11) is 0. The molecule has 3 heterocycles. The van der Waals surface area contributed by atoms with Gasteiger partial charge in [-0.25, -0.2) is 0 Å². The van der Waals surface area contributed by atoms with E-state index in [1.807, 2.05) is 0 Å². The Morgan fingerprint density at radius 1 is 1.11 bits per heavy atom. The van der Waals surface area contributed by atoms with Gasteiger partial charge in [-0.1, -0.05) is 0 Å². The first kappa shape index (κ1) is 12.4. The van der Waals surface area contributed by atoms with Crippen molar-refractivity contribution in [3.63, 3.8) is 0 Å². The van der Waals surface area contributed by atoms with Crippen molar-refractivity contribution < 1.29 is 4.79 Å². The minimum Gasteiger partial charge on any atom is -0.341 e. The van der Waals surface area contributed by atoms with Crippen molar-refractivity contribution in [2.75, 3.05) is 32.7 Å². The van der Waals surface area contributed by atoms with Gasteiger partial charge in [0.1, 0.15) is 0 Å².